The Morgan fingerprint density at radius 2 is 2.11 bits per heavy atom. The Morgan fingerprint density at radius 1 is 1.32 bits per heavy atom. The fraction of sp³-hybridized carbons (Fsp3) is 0.214. The molecule has 0 amide bonds. The van der Waals surface area contributed by atoms with E-state index in [1.54, 1.807) is 12.1 Å². The molecule has 100 valence electrons. The Balaban J connectivity index is 2.08. The first-order valence-corrected chi connectivity index (χ1v) is 6.17. The summed E-state index contributed by atoms with van der Waals surface area (Å²) in [6.07, 6.45) is 0. The summed E-state index contributed by atoms with van der Waals surface area (Å²) in [5.41, 5.74) is 2.51. The minimum Gasteiger partial charge on any atom is -0.494 e. The number of hydrogen-bond donors (Lipinski definition) is 1. The summed E-state index contributed by atoms with van der Waals surface area (Å²) in [5.74, 6) is -0.124. The van der Waals surface area contributed by atoms with Gasteiger partial charge in [-0.15, -0.1) is 0 Å². The van der Waals surface area contributed by atoms with E-state index in [0.29, 0.717) is 11.7 Å². The van der Waals surface area contributed by atoms with Gasteiger partial charge in [-0.3, -0.25) is 0 Å². The van der Waals surface area contributed by atoms with Crippen LogP contribution in [0.1, 0.15) is 11.3 Å². The van der Waals surface area contributed by atoms with Gasteiger partial charge >= 0.3 is 0 Å². The summed E-state index contributed by atoms with van der Waals surface area (Å²) in [5, 5.41) is 3.65. The maximum Gasteiger partial charge on any atom is 0.165 e. The van der Waals surface area contributed by atoms with E-state index in [4.69, 9.17) is 16.3 Å². The quantitative estimate of drug-likeness (QED) is 0.865. The van der Waals surface area contributed by atoms with Crippen molar-refractivity contribution in [2.45, 2.75) is 13.5 Å². The summed E-state index contributed by atoms with van der Waals surface area (Å²) in [7, 11) is 1.44. The van der Waals surface area contributed by atoms with Crippen molar-refractivity contribution in [1.29, 1.82) is 0 Å². The highest BCUT2D eigenvalue weighted by Gasteiger charge is 2.04. The fourth-order valence-electron chi connectivity index (χ4n) is 1.73. The number of nitrogens with one attached hydrogen (secondary N) is 1. The number of halogens is 2. The summed E-state index contributed by atoms with van der Waals surface area (Å²) < 4.78 is 18.4. The number of hydrogen-bond acceptors (Lipinski definition) is 3. The van der Waals surface area contributed by atoms with Crippen LogP contribution < -0.4 is 10.1 Å². The summed E-state index contributed by atoms with van der Waals surface area (Å²) in [4.78, 5) is 4.14. The van der Waals surface area contributed by atoms with Gasteiger partial charge in [0, 0.05) is 6.54 Å². The smallest absolute Gasteiger partial charge is 0.165 e. The van der Waals surface area contributed by atoms with E-state index >= 15 is 0 Å². The average molecular weight is 281 g/mol. The van der Waals surface area contributed by atoms with E-state index < -0.39 is 0 Å². The van der Waals surface area contributed by atoms with Crippen LogP contribution in [-0.4, -0.2) is 12.1 Å². The molecule has 1 heterocycles. The largest absolute Gasteiger partial charge is 0.494 e. The van der Waals surface area contributed by atoms with E-state index in [1.165, 1.54) is 13.2 Å². The summed E-state index contributed by atoms with van der Waals surface area (Å²) in [6, 6.07) is 8.44. The minimum atomic E-state index is -0.368. The molecule has 19 heavy (non-hydrogen) atoms. The fourth-order valence-corrected chi connectivity index (χ4v) is 1.92. The van der Waals surface area contributed by atoms with Gasteiger partial charge < -0.3 is 10.1 Å². The lowest BCUT2D eigenvalue weighted by atomic mass is 10.2. The van der Waals surface area contributed by atoms with Gasteiger partial charge in [-0.05, 0) is 36.8 Å². The van der Waals surface area contributed by atoms with E-state index in [2.05, 4.69) is 10.3 Å². The third kappa shape index (κ3) is 3.35. The van der Waals surface area contributed by atoms with E-state index in [-0.39, 0.29) is 11.6 Å². The zero-order valence-electron chi connectivity index (χ0n) is 10.7. The topological polar surface area (TPSA) is 34.1 Å². The SMILES string of the molecule is COc1ccc(CNc2ccc(Cl)nc2C)cc1F. The maximum atomic E-state index is 13.5. The molecule has 1 N–H and O–H groups in total. The van der Waals surface area contributed by atoms with Crippen LogP contribution in [0.4, 0.5) is 10.1 Å². The highest BCUT2D eigenvalue weighted by atomic mass is 35.5. The number of methoxy groups -OCH3 is 1. The van der Waals surface area contributed by atoms with Crippen molar-refractivity contribution >= 4 is 17.3 Å². The van der Waals surface area contributed by atoms with Crippen LogP contribution in [0.3, 0.4) is 0 Å². The lowest BCUT2D eigenvalue weighted by Gasteiger charge is -2.10. The van der Waals surface area contributed by atoms with Gasteiger partial charge in [0.05, 0.1) is 18.5 Å². The molecular formula is C14H14ClFN2O. The van der Waals surface area contributed by atoms with Crippen molar-refractivity contribution in [2.24, 2.45) is 0 Å². The Morgan fingerprint density at radius 3 is 2.74 bits per heavy atom. The number of aryl methyl sites for hydroxylation is 1. The van der Waals surface area contributed by atoms with Crippen LogP contribution in [0.2, 0.25) is 5.15 Å². The van der Waals surface area contributed by atoms with Crippen molar-refractivity contribution in [3.05, 3.63) is 52.6 Å². The maximum absolute atomic E-state index is 13.5. The van der Waals surface area contributed by atoms with Gasteiger partial charge in [-0.25, -0.2) is 9.37 Å². The Kier molecular flexibility index (Phi) is 4.22. The summed E-state index contributed by atoms with van der Waals surface area (Å²) >= 11 is 5.79. The third-order valence-corrected chi connectivity index (χ3v) is 2.96. The molecule has 1 aromatic heterocycles. The number of aromatic nitrogens is 1. The van der Waals surface area contributed by atoms with Gasteiger partial charge in [-0.1, -0.05) is 17.7 Å². The van der Waals surface area contributed by atoms with Gasteiger partial charge in [0.25, 0.3) is 0 Å². The molecular weight excluding hydrogens is 267 g/mol. The second-order valence-corrected chi connectivity index (χ2v) is 4.48. The van der Waals surface area contributed by atoms with Crippen molar-refractivity contribution in [1.82, 2.24) is 4.98 Å². The Hall–Kier alpha value is -1.81. The molecule has 0 bridgehead atoms. The molecule has 0 aliphatic carbocycles. The average Bonchev–Trinajstić information content (AvgIpc) is 2.38. The molecule has 1 aromatic carbocycles. The molecule has 0 aliphatic rings. The molecule has 3 nitrogen and oxygen atoms in total. The predicted molar refractivity (Wildman–Crippen MR) is 74.3 cm³/mol. The molecule has 5 heteroatoms. The van der Waals surface area contributed by atoms with Crippen LogP contribution in [0, 0.1) is 12.7 Å². The monoisotopic (exact) mass is 280 g/mol. The van der Waals surface area contributed by atoms with Crippen LogP contribution in [0.15, 0.2) is 30.3 Å². The Labute approximate surface area is 116 Å². The number of ether oxygens (including phenoxy) is 1. The van der Waals surface area contributed by atoms with Gasteiger partial charge in [-0.2, -0.15) is 0 Å². The number of anilines is 1. The normalized spacial score (nSPS) is 10.3. The highest BCUT2D eigenvalue weighted by molar-refractivity contribution is 6.29. The van der Waals surface area contributed by atoms with Gasteiger partial charge in [0.15, 0.2) is 11.6 Å². The molecule has 0 saturated heterocycles. The number of nitrogens with zero attached hydrogens (tertiary/aromatic N) is 1. The number of rotatable bonds is 4. The van der Waals surface area contributed by atoms with Crippen LogP contribution in [-0.2, 0) is 6.54 Å². The Bertz CT molecular complexity index is 590. The summed E-state index contributed by atoms with van der Waals surface area (Å²) in [6.45, 7) is 2.37. The van der Waals surface area contributed by atoms with Gasteiger partial charge in [0.2, 0.25) is 0 Å². The van der Waals surface area contributed by atoms with Crippen LogP contribution >= 0.6 is 11.6 Å². The van der Waals surface area contributed by atoms with Crippen molar-refractivity contribution in [3.8, 4) is 5.75 Å². The number of benzene rings is 1. The lowest BCUT2D eigenvalue weighted by Crippen LogP contribution is -2.02. The van der Waals surface area contributed by atoms with Crippen molar-refractivity contribution < 1.29 is 9.13 Å². The van der Waals surface area contributed by atoms with Crippen molar-refractivity contribution in [3.63, 3.8) is 0 Å². The van der Waals surface area contributed by atoms with Crippen LogP contribution in [0.5, 0.6) is 5.75 Å². The molecule has 2 aromatic rings. The second kappa shape index (κ2) is 5.89. The molecule has 0 saturated carbocycles. The van der Waals surface area contributed by atoms with E-state index in [0.717, 1.165) is 16.9 Å². The van der Waals surface area contributed by atoms with Gasteiger partial charge in [0.1, 0.15) is 5.15 Å². The van der Waals surface area contributed by atoms with Crippen molar-refractivity contribution in [2.75, 3.05) is 12.4 Å². The molecule has 0 unspecified atom stereocenters. The van der Waals surface area contributed by atoms with E-state index in [1.807, 2.05) is 19.1 Å². The standard InChI is InChI=1S/C14H14ClFN2O/c1-9-12(4-6-14(15)18-9)17-8-10-3-5-13(19-2)11(16)7-10/h3-7,17H,8H2,1-2H3. The zero-order valence-corrected chi connectivity index (χ0v) is 11.5. The zero-order chi connectivity index (χ0) is 13.8. The first-order valence-electron chi connectivity index (χ1n) is 5.79. The molecule has 0 aliphatic heterocycles. The first-order chi connectivity index (χ1) is 9.10. The third-order valence-electron chi connectivity index (χ3n) is 2.75. The molecule has 0 atom stereocenters. The second-order valence-electron chi connectivity index (χ2n) is 4.09. The number of pyridine rings is 1. The molecule has 0 spiro atoms. The van der Waals surface area contributed by atoms with Crippen LogP contribution in [0.25, 0.3) is 0 Å². The first kappa shape index (κ1) is 13.6. The molecule has 2 rings (SSSR count). The molecule has 0 fully saturated rings. The molecule has 0 radical (unpaired) electrons. The minimum absolute atomic E-state index is 0.244. The van der Waals surface area contributed by atoms with E-state index in [9.17, 15) is 4.39 Å². The predicted octanol–water partition coefficient (Wildman–Crippen LogP) is 3.80. The highest BCUT2D eigenvalue weighted by Crippen LogP contribution is 2.20. The lowest BCUT2D eigenvalue weighted by molar-refractivity contribution is 0.386.